The minimum absolute atomic E-state index is 0.0936. The highest BCUT2D eigenvalue weighted by Gasteiger charge is 2.22. The molecule has 130 valence electrons. The molecule has 1 atom stereocenters. The molecule has 0 fully saturated rings. The Morgan fingerprint density at radius 3 is 2.52 bits per heavy atom. The Bertz CT molecular complexity index is 755. The van der Waals surface area contributed by atoms with Crippen molar-refractivity contribution in [2.24, 2.45) is 0 Å². The summed E-state index contributed by atoms with van der Waals surface area (Å²) >= 11 is 7.68. The van der Waals surface area contributed by atoms with Crippen LogP contribution in [0.1, 0.15) is 31.4 Å². The highest BCUT2D eigenvalue weighted by molar-refractivity contribution is 8.00. The Morgan fingerprint density at radius 1 is 1.24 bits per heavy atom. The lowest BCUT2D eigenvalue weighted by atomic mass is 10.1. The second-order valence-electron chi connectivity index (χ2n) is 5.76. The summed E-state index contributed by atoms with van der Waals surface area (Å²) in [5.41, 5.74) is 1.65. The number of carbonyl (C=O) groups is 1. The SMILES string of the molecule is CCCN(Cc1ccc(C#N)cc1)C(=O)C(C)Sc1ccccc1Cl. The summed E-state index contributed by atoms with van der Waals surface area (Å²) in [6, 6.07) is 17.1. The third-order valence-corrected chi connectivity index (χ3v) is 5.36. The third kappa shape index (κ3) is 5.52. The van der Waals surface area contributed by atoms with Gasteiger partial charge in [-0.2, -0.15) is 5.26 Å². The largest absolute Gasteiger partial charge is 0.337 e. The molecule has 2 aromatic rings. The van der Waals surface area contributed by atoms with Gasteiger partial charge < -0.3 is 4.90 Å². The third-order valence-electron chi connectivity index (χ3n) is 3.75. The van der Waals surface area contributed by atoms with Crippen molar-refractivity contribution < 1.29 is 4.79 Å². The van der Waals surface area contributed by atoms with Crippen LogP contribution in [0.4, 0.5) is 0 Å². The van der Waals surface area contributed by atoms with Crippen LogP contribution in [0.2, 0.25) is 5.02 Å². The van der Waals surface area contributed by atoms with Crippen LogP contribution in [0, 0.1) is 11.3 Å². The Labute approximate surface area is 158 Å². The predicted molar refractivity (Wildman–Crippen MR) is 104 cm³/mol. The molecular weight excluding hydrogens is 352 g/mol. The summed E-state index contributed by atoms with van der Waals surface area (Å²) in [5.74, 6) is 0.0936. The van der Waals surface area contributed by atoms with Gasteiger partial charge in [0, 0.05) is 18.0 Å². The van der Waals surface area contributed by atoms with Crippen LogP contribution in [-0.2, 0) is 11.3 Å². The maximum atomic E-state index is 12.9. The van der Waals surface area contributed by atoms with E-state index in [1.165, 1.54) is 11.8 Å². The van der Waals surface area contributed by atoms with Gasteiger partial charge in [-0.1, -0.05) is 42.8 Å². The van der Waals surface area contributed by atoms with Crippen LogP contribution in [0.25, 0.3) is 0 Å². The van der Waals surface area contributed by atoms with Gasteiger partial charge >= 0.3 is 0 Å². The highest BCUT2D eigenvalue weighted by Crippen LogP contribution is 2.31. The summed E-state index contributed by atoms with van der Waals surface area (Å²) in [6.45, 7) is 5.22. The van der Waals surface area contributed by atoms with E-state index in [9.17, 15) is 4.79 Å². The zero-order chi connectivity index (χ0) is 18.2. The Kier molecular flexibility index (Phi) is 7.36. The molecule has 0 spiro atoms. The molecule has 0 aromatic heterocycles. The molecule has 0 radical (unpaired) electrons. The zero-order valence-electron chi connectivity index (χ0n) is 14.4. The fourth-order valence-corrected chi connectivity index (χ4v) is 3.72. The first-order valence-electron chi connectivity index (χ1n) is 8.24. The average molecular weight is 373 g/mol. The standard InChI is InChI=1S/C20H21ClN2OS/c1-3-12-23(14-17-10-8-16(13-22)9-11-17)20(24)15(2)25-19-7-5-4-6-18(19)21/h4-11,15H,3,12,14H2,1-2H3. The molecule has 0 saturated carbocycles. The molecule has 1 amide bonds. The molecule has 0 aliphatic carbocycles. The second-order valence-corrected chi connectivity index (χ2v) is 7.55. The highest BCUT2D eigenvalue weighted by atomic mass is 35.5. The number of hydrogen-bond acceptors (Lipinski definition) is 3. The van der Waals surface area contributed by atoms with Crippen molar-refractivity contribution in [3.8, 4) is 6.07 Å². The monoisotopic (exact) mass is 372 g/mol. The zero-order valence-corrected chi connectivity index (χ0v) is 16.0. The van der Waals surface area contributed by atoms with Crippen molar-refractivity contribution in [2.45, 2.75) is 37.0 Å². The molecule has 2 rings (SSSR count). The molecule has 5 heteroatoms. The fourth-order valence-electron chi connectivity index (χ4n) is 2.48. The molecule has 3 nitrogen and oxygen atoms in total. The van der Waals surface area contributed by atoms with Crippen LogP contribution >= 0.6 is 23.4 Å². The van der Waals surface area contributed by atoms with Crippen LogP contribution < -0.4 is 0 Å². The molecule has 2 aromatic carbocycles. The van der Waals surface area contributed by atoms with Crippen molar-refractivity contribution >= 4 is 29.3 Å². The van der Waals surface area contributed by atoms with Gasteiger partial charge in [0.2, 0.25) is 5.91 Å². The summed E-state index contributed by atoms with van der Waals surface area (Å²) in [6.07, 6.45) is 0.894. The average Bonchev–Trinajstić information content (AvgIpc) is 2.63. The number of carbonyl (C=O) groups excluding carboxylic acids is 1. The van der Waals surface area contributed by atoms with Crippen LogP contribution in [-0.4, -0.2) is 22.6 Å². The van der Waals surface area contributed by atoms with Crippen molar-refractivity contribution in [2.75, 3.05) is 6.54 Å². The van der Waals surface area contributed by atoms with Crippen molar-refractivity contribution in [3.63, 3.8) is 0 Å². The Hall–Kier alpha value is -1.96. The lowest BCUT2D eigenvalue weighted by Crippen LogP contribution is -2.36. The van der Waals surface area contributed by atoms with Crippen LogP contribution in [0.3, 0.4) is 0 Å². The van der Waals surface area contributed by atoms with E-state index in [2.05, 4.69) is 13.0 Å². The molecular formula is C20H21ClN2OS. The normalized spacial score (nSPS) is 11.6. The van der Waals surface area contributed by atoms with E-state index in [4.69, 9.17) is 16.9 Å². The number of hydrogen-bond donors (Lipinski definition) is 0. The first kappa shape index (κ1) is 19.4. The first-order chi connectivity index (χ1) is 12.0. The van der Waals surface area contributed by atoms with Crippen molar-refractivity contribution in [3.05, 3.63) is 64.7 Å². The van der Waals surface area contributed by atoms with Crippen molar-refractivity contribution in [1.82, 2.24) is 4.90 Å². The van der Waals surface area contributed by atoms with Gasteiger partial charge in [-0.3, -0.25) is 4.79 Å². The van der Waals surface area contributed by atoms with E-state index in [1.54, 1.807) is 12.1 Å². The molecule has 0 aliphatic heterocycles. The number of benzene rings is 2. The molecule has 0 heterocycles. The van der Waals surface area contributed by atoms with Gasteiger partial charge in [0.05, 0.1) is 21.9 Å². The number of thioether (sulfide) groups is 1. The summed E-state index contributed by atoms with van der Waals surface area (Å²) in [5, 5.41) is 9.34. The Balaban J connectivity index is 2.08. The summed E-state index contributed by atoms with van der Waals surface area (Å²) < 4.78 is 0. The van der Waals surface area contributed by atoms with E-state index in [0.717, 1.165) is 16.9 Å². The number of rotatable bonds is 7. The molecule has 0 bridgehead atoms. The smallest absolute Gasteiger partial charge is 0.236 e. The summed E-state index contributed by atoms with van der Waals surface area (Å²) in [7, 11) is 0. The van der Waals surface area contributed by atoms with Crippen LogP contribution in [0.15, 0.2) is 53.4 Å². The number of nitriles is 1. The lowest BCUT2D eigenvalue weighted by Gasteiger charge is -2.25. The maximum Gasteiger partial charge on any atom is 0.236 e. The van der Waals surface area contributed by atoms with Gasteiger partial charge in [0.1, 0.15) is 0 Å². The minimum atomic E-state index is -0.218. The maximum absolute atomic E-state index is 12.9. The van der Waals surface area contributed by atoms with Gasteiger partial charge in [0.25, 0.3) is 0 Å². The lowest BCUT2D eigenvalue weighted by molar-refractivity contribution is -0.131. The van der Waals surface area contributed by atoms with E-state index < -0.39 is 0 Å². The second kappa shape index (κ2) is 9.50. The first-order valence-corrected chi connectivity index (χ1v) is 9.50. The molecule has 0 N–H and O–H groups in total. The van der Waals surface area contributed by atoms with E-state index >= 15 is 0 Å². The quantitative estimate of drug-likeness (QED) is 0.632. The topological polar surface area (TPSA) is 44.1 Å². The molecule has 25 heavy (non-hydrogen) atoms. The number of amides is 1. The van der Waals surface area contributed by atoms with Crippen LogP contribution in [0.5, 0.6) is 0 Å². The molecule has 0 aliphatic rings. The molecule has 0 saturated heterocycles. The van der Waals surface area contributed by atoms with E-state index in [1.807, 2.05) is 48.2 Å². The van der Waals surface area contributed by atoms with Gasteiger partial charge in [-0.15, -0.1) is 11.8 Å². The predicted octanol–water partition coefficient (Wildman–Crippen LogP) is 5.13. The Morgan fingerprint density at radius 2 is 1.92 bits per heavy atom. The van der Waals surface area contributed by atoms with Gasteiger partial charge in [-0.05, 0) is 43.2 Å². The van der Waals surface area contributed by atoms with E-state index in [0.29, 0.717) is 23.7 Å². The van der Waals surface area contributed by atoms with E-state index in [-0.39, 0.29) is 11.2 Å². The number of halogens is 1. The van der Waals surface area contributed by atoms with Crippen molar-refractivity contribution in [1.29, 1.82) is 5.26 Å². The van der Waals surface area contributed by atoms with Gasteiger partial charge in [0.15, 0.2) is 0 Å². The summed E-state index contributed by atoms with van der Waals surface area (Å²) in [4.78, 5) is 15.7. The number of nitrogens with zero attached hydrogens (tertiary/aromatic N) is 2. The minimum Gasteiger partial charge on any atom is -0.337 e. The fraction of sp³-hybridized carbons (Fsp3) is 0.300. The molecule has 1 unspecified atom stereocenters. The van der Waals surface area contributed by atoms with Gasteiger partial charge in [-0.25, -0.2) is 0 Å².